The van der Waals surface area contributed by atoms with Crippen LogP contribution in [-0.4, -0.2) is 10.2 Å². The molecule has 2 heterocycles. The Morgan fingerprint density at radius 2 is 2.14 bits per heavy atom. The molecule has 0 atom stereocenters. The normalized spacial score (nSPS) is 9.86. The number of H-pyrrole nitrogens is 1. The van der Waals surface area contributed by atoms with Gasteiger partial charge in [-0.05, 0) is 30.4 Å². The van der Waals surface area contributed by atoms with Crippen LogP contribution in [0.3, 0.4) is 0 Å². The molecule has 0 fully saturated rings. The number of hydrogen-bond donors (Lipinski definition) is 1. The lowest BCUT2D eigenvalue weighted by Gasteiger charge is -1.82. The minimum atomic E-state index is 0.838. The van der Waals surface area contributed by atoms with E-state index in [4.69, 9.17) is 4.42 Å². The SMILES string of the molecule is C(=C\c1ccco1)/c1ccn[nH]1.CC. The maximum Gasteiger partial charge on any atom is 0.126 e. The van der Waals surface area contributed by atoms with Gasteiger partial charge in [0.15, 0.2) is 0 Å². The van der Waals surface area contributed by atoms with Crippen LogP contribution in [0.1, 0.15) is 25.3 Å². The highest BCUT2D eigenvalue weighted by Gasteiger charge is 1.88. The lowest BCUT2D eigenvalue weighted by atomic mass is 10.3. The molecule has 0 unspecified atom stereocenters. The van der Waals surface area contributed by atoms with Crippen molar-refractivity contribution in [2.45, 2.75) is 13.8 Å². The van der Waals surface area contributed by atoms with E-state index in [1.54, 1.807) is 12.5 Å². The van der Waals surface area contributed by atoms with Gasteiger partial charge < -0.3 is 4.42 Å². The van der Waals surface area contributed by atoms with E-state index in [-0.39, 0.29) is 0 Å². The number of nitrogens with one attached hydrogen (secondary N) is 1. The second-order valence-corrected chi connectivity index (χ2v) is 2.36. The summed E-state index contributed by atoms with van der Waals surface area (Å²) in [6.45, 7) is 4.00. The maximum atomic E-state index is 5.11. The molecule has 0 aliphatic heterocycles. The Balaban J connectivity index is 0.000000461. The minimum Gasteiger partial charge on any atom is -0.465 e. The van der Waals surface area contributed by atoms with Crippen LogP contribution >= 0.6 is 0 Å². The molecule has 0 saturated carbocycles. The molecule has 74 valence electrons. The molecule has 14 heavy (non-hydrogen) atoms. The number of hydrogen-bond acceptors (Lipinski definition) is 2. The average Bonchev–Trinajstić information content (AvgIpc) is 2.91. The lowest BCUT2D eigenvalue weighted by Crippen LogP contribution is -1.69. The Hall–Kier alpha value is -1.77. The predicted molar refractivity (Wildman–Crippen MR) is 57.6 cm³/mol. The molecule has 3 heteroatoms. The molecule has 2 aromatic heterocycles. The van der Waals surface area contributed by atoms with Gasteiger partial charge in [0.1, 0.15) is 5.76 Å². The van der Waals surface area contributed by atoms with Crippen LogP contribution in [0.5, 0.6) is 0 Å². The molecular weight excluding hydrogens is 176 g/mol. The second-order valence-electron chi connectivity index (χ2n) is 2.36. The first-order chi connectivity index (χ1) is 6.95. The van der Waals surface area contributed by atoms with Crippen molar-refractivity contribution in [3.05, 3.63) is 42.1 Å². The quantitative estimate of drug-likeness (QED) is 0.790. The summed E-state index contributed by atoms with van der Waals surface area (Å²) in [5, 5.41) is 6.64. The third-order valence-corrected chi connectivity index (χ3v) is 1.49. The molecule has 0 aliphatic rings. The third-order valence-electron chi connectivity index (χ3n) is 1.49. The van der Waals surface area contributed by atoms with Crippen LogP contribution in [0.2, 0.25) is 0 Å². The number of aromatic amines is 1. The summed E-state index contributed by atoms with van der Waals surface area (Å²) in [6.07, 6.45) is 7.15. The molecule has 0 amide bonds. The zero-order valence-corrected chi connectivity index (χ0v) is 8.40. The summed E-state index contributed by atoms with van der Waals surface area (Å²) < 4.78 is 5.11. The van der Waals surface area contributed by atoms with E-state index in [1.807, 2.05) is 44.2 Å². The van der Waals surface area contributed by atoms with Gasteiger partial charge >= 0.3 is 0 Å². The van der Waals surface area contributed by atoms with E-state index in [0.29, 0.717) is 0 Å². The Labute approximate surface area is 83.5 Å². The van der Waals surface area contributed by atoms with Crippen LogP contribution in [-0.2, 0) is 0 Å². The van der Waals surface area contributed by atoms with Crippen LogP contribution in [0.15, 0.2) is 35.1 Å². The van der Waals surface area contributed by atoms with Crippen molar-refractivity contribution in [2.75, 3.05) is 0 Å². The van der Waals surface area contributed by atoms with Gasteiger partial charge in [-0.1, -0.05) is 13.8 Å². The fraction of sp³-hybridized carbons (Fsp3) is 0.182. The van der Waals surface area contributed by atoms with Gasteiger partial charge in [-0.2, -0.15) is 5.10 Å². The Bertz CT molecular complexity index is 310. The largest absolute Gasteiger partial charge is 0.465 e. The molecule has 0 bridgehead atoms. The molecule has 0 spiro atoms. The molecule has 0 saturated heterocycles. The lowest BCUT2D eigenvalue weighted by molar-refractivity contribution is 0.557. The zero-order chi connectivity index (χ0) is 10.2. The highest BCUT2D eigenvalue weighted by molar-refractivity contribution is 5.64. The van der Waals surface area contributed by atoms with E-state index in [1.165, 1.54) is 0 Å². The molecule has 0 aliphatic carbocycles. The zero-order valence-electron chi connectivity index (χ0n) is 8.40. The Morgan fingerprint density at radius 1 is 1.29 bits per heavy atom. The van der Waals surface area contributed by atoms with Crippen LogP contribution in [0.4, 0.5) is 0 Å². The van der Waals surface area contributed by atoms with Crippen molar-refractivity contribution in [2.24, 2.45) is 0 Å². The minimum absolute atomic E-state index is 0.838. The number of furan rings is 1. The fourth-order valence-electron chi connectivity index (χ4n) is 0.917. The molecule has 1 N–H and O–H groups in total. The smallest absolute Gasteiger partial charge is 0.126 e. The number of aromatic nitrogens is 2. The molecular formula is C11H14N2O. The Morgan fingerprint density at radius 3 is 2.71 bits per heavy atom. The molecule has 2 aromatic rings. The van der Waals surface area contributed by atoms with E-state index in [0.717, 1.165) is 11.5 Å². The highest BCUT2D eigenvalue weighted by atomic mass is 16.3. The van der Waals surface area contributed by atoms with Crippen molar-refractivity contribution < 1.29 is 4.42 Å². The Kier molecular flexibility index (Phi) is 4.27. The van der Waals surface area contributed by atoms with Gasteiger partial charge in [-0.15, -0.1) is 0 Å². The summed E-state index contributed by atoms with van der Waals surface area (Å²) in [5.41, 5.74) is 0.964. The summed E-state index contributed by atoms with van der Waals surface area (Å²) >= 11 is 0. The van der Waals surface area contributed by atoms with Gasteiger partial charge in [-0.3, -0.25) is 5.10 Å². The highest BCUT2D eigenvalue weighted by Crippen LogP contribution is 2.05. The average molecular weight is 190 g/mol. The monoisotopic (exact) mass is 190 g/mol. The maximum absolute atomic E-state index is 5.11. The van der Waals surface area contributed by atoms with Gasteiger partial charge in [0.05, 0.1) is 12.0 Å². The van der Waals surface area contributed by atoms with Gasteiger partial charge in [0.25, 0.3) is 0 Å². The van der Waals surface area contributed by atoms with Gasteiger partial charge in [0.2, 0.25) is 0 Å². The third kappa shape index (κ3) is 2.94. The van der Waals surface area contributed by atoms with Crippen LogP contribution in [0.25, 0.3) is 12.2 Å². The van der Waals surface area contributed by atoms with Crippen molar-refractivity contribution in [3.8, 4) is 0 Å². The van der Waals surface area contributed by atoms with Crippen LogP contribution < -0.4 is 0 Å². The van der Waals surface area contributed by atoms with Crippen molar-refractivity contribution in [1.29, 1.82) is 0 Å². The van der Waals surface area contributed by atoms with E-state index in [9.17, 15) is 0 Å². The number of rotatable bonds is 2. The first kappa shape index (κ1) is 10.3. The fourth-order valence-corrected chi connectivity index (χ4v) is 0.917. The van der Waals surface area contributed by atoms with Crippen LogP contribution in [0, 0.1) is 0 Å². The first-order valence-electron chi connectivity index (χ1n) is 4.66. The predicted octanol–water partition coefficient (Wildman–Crippen LogP) is 3.20. The summed E-state index contributed by atoms with van der Waals surface area (Å²) in [5.74, 6) is 0.838. The number of nitrogens with zero attached hydrogens (tertiary/aromatic N) is 1. The molecule has 2 rings (SSSR count). The van der Waals surface area contributed by atoms with E-state index < -0.39 is 0 Å². The summed E-state index contributed by atoms with van der Waals surface area (Å²) in [7, 11) is 0. The van der Waals surface area contributed by atoms with Gasteiger partial charge in [0, 0.05) is 6.20 Å². The molecule has 3 nitrogen and oxygen atoms in total. The van der Waals surface area contributed by atoms with Crippen molar-refractivity contribution in [3.63, 3.8) is 0 Å². The van der Waals surface area contributed by atoms with E-state index >= 15 is 0 Å². The topological polar surface area (TPSA) is 41.8 Å². The molecule has 0 aromatic carbocycles. The molecule has 0 radical (unpaired) electrons. The van der Waals surface area contributed by atoms with E-state index in [2.05, 4.69) is 10.2 Å². The second kappa shape index (κ2) is 5.80. The first-order valence-corrected chi connectivity index (χ1v) is 4.66. The van der Waals surface area contributed by atoms with Gasteiger partial charge in [-0.25, -0.2) is 0 Å². The summed E-state index contributed by atoms with van der Waals surface area (Å²) in [6, 6.07) is 5.64. The van der Waals surface area contributed by atoms with Crippen molar-refractivity contribution in [1.82, 2.24) is 10.2 Å². The standard InChI is InChI=1S/C9H8N2O.C2H6/c1-2-9(12-7-1)4-3-8-5-6-10-11-8;1-2/h1-7H,(H,10,11);1-2H3/b4-3+;. The van der Waals surface area contributed by atoms with Crippen molar-refractivity contribution >= 4 is 12.2 Å². The summed E-state index contributed by atoms with van der Waals surface area (Å²) in [4.78, 5) is 0.